The van der Waals surface area contributed by atoms with Gasteiger partial charge in [-0.15, -0.1) is 0 Å². The monoisotopic (exact) mass is 639 g/mol. The van der Waals surface area contributed by atoms with E-state index in [0.29, 0.717) is 19.4 Å². The number of aryl methyl sites for hydroxylation is 1. The number of hydrogen-bond acceptors (Lipinski definition) is 5. The molecule has 0 spiro atoms. The van der Waals surface area contributed by atoms with Crippen LogP contribution in [0.15, 0.2) is 65.4 Å². The fourth-order valence-electron chi connectivity index (χ4n) is 4.59. The van der Waals surface area contributed by atoms with E-state index in [2.05, 4.69) is 31.9 Å². The Morgan fingerprint density at radius 2 is 1.69 bits per heavy atom. The Hall–Kier alpha value is -3.50. The topological polar surface area (TPSA) is 111 Å². The molecule has 3 N–H and O–H groups in total. The van der Waals surface area contributed by atoms with E-state index in [0.717, 1.165) is 21.2 Å². The van der Waals surface area contributed by atoms with Crippen LogP contribution in [0.3, 0.4) is 0 Å². The highest BCUT2D eigenvalue weighted by molar-refractivity contribution is 9.10. The van der Waals surface area contributed by atoms with Gasteiger partial charge in [-0.1, -0.05) is 78.7 Å². The van der Waals surface area contributed by atoms with Crippen molar-refractivity contribution < 1.29 is 19.2 Å². The first-order chi connectivity index (χ1) is 19.8. The lowest BCUT2D eigenvalue weighted by atomic mass is 9.86. The molecule has 0 bridgehead atoms. The van der Waals surface area contributed by atoms with Gasteiger partial charge in [0.05, 0.1) is 12.6 Å². The Kier molecular flexibility index (Phi) is 11.5. The van der Waals surface area contributed by atoms with Gasteiger partial charge >= 0.3 is 0 Å². The van der Waals surface area contributed by atoms with Crippen LogP contribution in [0.25, 0.3) is 0 Å². The Morgan fingerprint density at radius 1 is 1.00 bits per heavy atom. The lowest BCUT2D eigenvalue weighted by molar-refractivity contribution is -0.143. The molecule has 0 saturated heterocycles. The number of rotatable bonds is 11. The van der Waals surface area contributed by atoms with E-state index < -0.39 is 35.4 Å². The van der Waals surface area contributed by atoms with Crippen molar-refractivity contribution in [2.45, 2.75) is 65.6 Å². The lowest BCUT2D eigenvalue weighted by Gasteiger charge is -2.36. The van der Waals surface area contributed by atoms with E-state index in [4.69, 9.17) is 0 Å². The minimum atomic E-state index is -0.857. The molecule has 0 radical (unpaired) electrons. The maximum Gasteiger partial charge on any atom is 0.250 e. The SMILES string of the molecule is CN[C@@H](C)C(=O)N[C@H](C(=O)NCC(=O)N1C=CN(CCc2cccc(Br)c2)C(=O)[C@@H]1Cc1ccc(C)cc1)C(C)(C)C. The summed E-state index contributed by atoms with van der Waals surface area (Å²) in [6.07, 6.45) is 4.23. The van der Waals surface area contributed by atoms with Gasteiger partial charge < -0.3 is 25.8 Å². The van der Waals surface area contributed by atoms with E-state index in [9.17, 15) is 19.2 Å². The number of nitrogens with one attached hydrogen (secondary N) is 3. The normalized spacial score (nSPS) is 16.6. The van der Waals surface area contributed by atoms with Crippen LogP contribution >= 0.6 is 15.9 Å². The summed E-state index contributed by atoms with van der Waals surface area (Å²) in [5.74, 6) is -1.39. The predicted octanol–water partition coefficient (Wildman–Crippen LogP) is 3.31. The molecule has 9 nitrogen and oxygen atoms in total. The third kappa shape index (κ3) is 9.00. The molecule has 0 aromatic heterocycles. The molecule has 2 aromatic carbocycles. The molecule has 0 unspecified atom stereocenters. The van der Waals surface area contributed by atoms with Gasteiger partial charge in [-0.05, 0) is 56.0 Å². The van der Waals surface area contributed by atoms with Crippen LogP contribution in [0.2, 0.25) is 0 Å². The van der Waals surface area contributed by atoms with Crippen molar-refractivity contribution in [1.29, 1.82) is 0 Å². The van der Waals surface area contributed by atoms with Gasteiger partial charge in [-0.25, -0.2) is 0 Å². The van der Waals surface area contributed by atoms with Crippen molar-refractivity contribution in [3.63, 3.8) is 0 Å². The third-order valence-corrected chi connectivity index (χ3v) is 7.83. The fraction of sp³-hybridized carbons (Fsp3) is 0.438. The molecule has 3 rings (SSSR count). The first-order valence-electron chi connectivity index (χ1n) is 14.2. The van der Waals surface area contributed by atoms with Crippen LogP contribution in [0.1, 0.15) is 44.4 Å². The number of halogens is 1. The Balaban J connectivity index is 1.76. The lowest BCUT2D eigenvalue weighted by Crippen LogP contribution is -2.58. The zero-order valence-corrected chi connectivity index (χ0v) is 26.8. The number of hydrogen-bond donors (Lipinski definition) is 3. The van der Waals surface area contributed by atoms with Crippen LogP contribution in [0.4, 0.5) is 0 Å². The highest BCUT2D eigenvalue weighted by Gasteiger charge is 2.37. The van der Waals surface area contributed by atoms with Gasteiger partial charge in [0.1, 0.15) is 12.1 Å². The Morgan fingerprint density at radius 3 is 2.31 bits per heavy atom. The molecule has 4 amide bonds. The fourth-order valence-corrected chi connectivity index (χ4v) is 5.03. The quantitative estimate of drug-likeness (QED) is 0.349. The van der Waals surface area contributed by atoms with Gasteiger partial charge in [-0.2, -0.15) is 0 Å². The van der Waals surface area contributed by atoms with E-state index in [1.807, 2.05) is 76.2 Å². The summed E-state index contributed by atoms with van der Waals surface area (Å²) in [6.45, 7) is 9.37. The molecule has 1 heterocycles. The first kappa shape index (κ1) is 33.0. The molecule has 3 atom stereocenters. The van der Waals surface area contributed by atoms with Gasteiger partial charge in [0.15, 0.2) is 0 Å². The first-order valence-corrected chi connectivity index (χ1v) is 14.9. The maximum atomic E-state index is 13.7. The van der Waals surface area contributed by atoms with Crippen molar-refractivity contribution in [1.82, 2.24) is 25.8 Å². The standard InChI is InChI=1S/C32H42BrN5O4/c1-21-10-12-24(13-11-21)19-26-31(42)37(15-14-23-8-7-9-25(33)18-23)16-17-38(26)27(39)20-35-30(41)28(32(3,4)5)36-29(40)22(2)34-6/h7-13,16-18,22,26,28,34H,14-15,19-20H2,1-6H3,(H,35,41)(H,36,40)/t22-,26-,28+/m0/s1. The van der Waals surface area contributed by atoms with Crippen LogP contribution in [0, 0.1) is 12.3 Å². The number of nitrogens with zero attached hydrogens (tertiary/aromatic N) is 2. The molecule has 2 aromatic rings. The summed E-state index contributed by atoms with van der Waals surface area (Å²) in [5.41, 5.74) is 2.52. The largest absolute Gasteiger partial charge is 0.345 e. The summed E-state index contributed by atoms with van der Waals surface area (Å²) >= 11 is 3.49. The molecule has 226 valence electrons. The van der Waals surface area contributed by atoms with Crippen molar-refractivity contribution in [2.24, 2.45) is 5.41 Å². The Labute approximate surface area is 257 Å². The van der Waals surface area contributed by atoms with Crippen LogP contribution in [0.5, 0.6) is 0 Å². The maximum absolute atomic E-state index is 13.7. The van der Waals surface area contributed by atoms with Crippen molar-refractivity contribution >= 4 is 39.6 Å². The summed E-state index contributed by atoms with van der Waals surface area (Å²) in [7, 11) is 1.66. The number of carbonyl (C=O) groups excluding carboxylic acids is 4. The van der Waals surface area contributed by atoms with E-state index in [-0.39, 0.29) is 18.4 Å². The minimum Gasteiger partial charge on any atom is -0.345 e. The average Bonchev–Trinajstić information content (AvgIpc) is 2.94. The van der Waals surface area contributed by atoms with Crippen LogP contribution in [-0.2, 0) is 32.0 Å². The molecule has 10 heteroatoms. The second-order valence-corrected chi connectivity index (χ2v) is 12.7. The molecule has 42 heavy (non-hydrogen) atoms. The third-order valence-electron chi connectivity index (χ3n) is 7.33. The number of benzene rings is 2. The zero-order valence-electron chi connectivity index (χ0n) is 25.2. The van der Waals surface area contributed by atoms with Gasteiger partial charge in [0, 0.05) is 29.8 Å². The molecule has 0 aliphatic carbocycles. The molecule has 0 fully saturated rings. The minimum absolute atomic E-state index is 0.186. The van der Waals surface area contributed by atoms with Gasteiger partial charge in [-0.3, -0.25) is 19.2 Å². The molecule has 0 saturated carbocycles. The second kappa shape index (κ2) is 14.6. The van der Waals surface area contributed by atoms with Gasteiger partial charge in [0.25, 0.3) is 0 Å². The van der Waals surface area contributed by atoms with Crippen molar-refractivity contribution in [3.05, 3.63) is 82.1 Å². The molecular formula is C32H42BrN5O4. The smallest absolute Gasteiger partial charge is 0.250 e. The number of likely N-dealkylation sites (N-methyl/N-ethyl adjacent to an activating group) is 1. The number of amides is 4. The second-order valence-electron chi connectivity index (χ2n) is 11.8. The summed E-state index contributed by atoms with van der Waals surface area (Å²) in [6, 6.07) is 13.7. The summed E-state index contributed by atoms with van der Waals surface area (Å²) in [4.78, 5) is 55.9. The van der Waals surface area contributed by atoms with Gasteiger partial charge in [0.2, 0.25) is 23.6 Å². The van der Waals surface area contributed by atoms with E-state index in [1.165, 1.54) is 4.90 Å². The molecule has 1 aliphatic heterocycles. The van der Waals surface area contributed by atoms with Crippen molar-refractivity contribution in [2.75, 3.05) is 20.1 Å². The van der Waals surface area contributed by atoms with Crippen LogP contribution < -0.4 is 16.0 Å². The van der Waals surface area contributed by atoms with E-state index >= 15 is 0 Å². The Bertz CT molecular complexity index is 1300. The predicted molar refractivity (Wildman–Crippen MR) is 167 cm³/mol. The zero-order chi connectivity index (χ0) is 31.0. The highest BCUT2D eigenvalue weighted by atomic mass is 79.9. The van der Waals surface area contributed by atoms with E-state index in [1.54, 1.807) is 31.3 Å². The summed E-state index contributed by atoms with van der Waals surface area (Å²) < 4.78 is 0.974. The highest BCUT2D eigenvalue weighted by Crippen LogP contribution is 2.21. The van der Waals surface area contributed by atoms with Crippen molar-refractivity contribution in [3.8, 4) is 0 Å². The van der Waals surface area contributed by atoms with Crippen LogP contribution in [-0.4, -0.2) is 71.7 Å². The summed E-state index contributed by atoms with van der Waals surface area (Å²) in [5, 5.41) is 8.33. The average molecular weight is 641 g/mol. The molecular weight excluding hydrogens is 598 g/mol. The number of carbonyl (C=O) groups is 4. The molecule has 1 aliphatic rings.